The minimum atomic E-state index is -0.554. The summed E-state index contributed by atoms with van der Waals surface area (Å²) in [5, 5.41) is 14.1. The molecule has 2 aromatic rings. The van der Waals surface area contributed by atoms with Gasteiger partial charge < -0.3 is 10.1 Å². The lowest BCUT2D eigenvalue weighted by Crippen LogP contribution is -1.98. The molecule has 0 heterocycles. The van der Waals surface area contributed by atoms with Crippen LogP contribution in [0.15, 0.2) is 48.5 Å². The molecule has 1 N–H and O–H groups in total. The zero-order valence-electron chi connectivity index (χ0n) is 12.2. The Balaban J connectivity index is 2.29. The van der Waals surface area contributed by atoms with Gasteiger partial charge in [0.05, 0.1) is 12.0 Å². The highest BCUT2D eigenvalue weighted by atomic mass is 19.1. The molecule has 6 nitrogen and oxygen atoms in total. The highest BCUT2D eigenvalue weighted by Crippen LogP contribution is 2.29. The molecule has 0 unspecified atom stereocenters. The third kappa shape index (κ3) is 4.37. The number of hydrogen-bond acceptors (Lipinski definition) is 5. The van der Waals surface area contributed by atoms with Crippen molar-refractivity contribution in [3.05, 3.63) is 70.0 Å². The number of carbonyl (C=O) groups is 1. The Hall–Kier alpha value is -3.22. The number of nitro groups is 1. The molecule has 0 bridgehead atoms. The van der Waals surface area contributed by atoms with E-state index in [0.29, 0.717) is 11.3 Å². The molecule has 0 saturated carbocycles. The third-order valence-corrected chi connectivity index (χ3v) is 2.95. The van der Waals surface area contributed by atoms with Gasteiger partial charge in [0.15, 0.2) is 0 Å². The summed E-state index contributed by atoms with van der Waals surface area (Å²) in [6, 6.07) is 9.90. The van der Waals surface area contributed by atoms with Crippen LogP contribution in [0.1, 0.15) is 5.56 Å². The Morgan fingerprint density at radius 1 is 1.26 bits per heavy atom. The first-order chi connectivity index (χ1) is 11.0. The smallest absolute Gasteiger partial charge is 0.330 e. The lowest BCUT2D eigenvalue weighted by Gasteiger charge is -2.07. The first-order valence-corrected chi connectivity index (χ1v) is 6.56. The number of nitrogens with zero attached hydrogens (tertiary/aromatic N) is 1. The first kappa shape index (κ1) is 16.2. The molecule has 7 heteroatoms. The van der Waals surface area contributed by atoms with Gasteiger partial charge in [0.2, 0.25) is 0 Å². The van der Waals surface area contributed by atoms with E-state index in [2.05, 4.69) is 10.1 Å². The van der Waals surface area contributed by atoms with Crippen LogP contribution in [0.2, 0.25) is 0 Å². The van der Waals surface area contributed by atoms with E-state index in [4.69, 9.17) is 0 Å². The molecule has 0 aromatic heterocycles. The normalized spacial score (nSPS) is 10.5. The van der Waals surface area contributed by atoms with E-state index in [1.807, 2.05) is 0 Å². The molecule has 0 amide bonds. The highest BCUT2D eigenvalue weighted by molar-refractivity contribution is 5.87. The summed E-state index contributed by atoms with van der Waals surface area (Å²) in [5.74, 6) is -0.950. The largest absolute Gasteiger partial charge is 0.466 e. The van der Waals surface area contributed by atoms with E-state index in [-0.39, 0.29) is 11.4 Å². The van der Waals surface area contributed by atoms with Crippen LogP contribution < -0.4 is 5.32 Å². The molecule has 0 atom stereocenters. The molecule has 0 aliphatic heterocycles. The van der Waals surface area contributed by atoms with E-state index < -0.39 is 16.7 Å². The number of rotatable bonds is 5. The van der Waals surface area contributed by atoms with Crippen molar-refractivity contribution in [1.29, 1.82) is 0 Å². The van der Waals surface area contributed by atoms with Gasteiger partial charge in [-0.25, -0.2) is 9.18 Å². The predicted molar refractivity (Wildman–Crippen MR) is 83.8 cm³/mol. The number of nitro benzene ring substituents is 1. The Morgan fingerprint density at radius 2 is 1.96 bits per heavy atom. The number of anilines is 2. The lowest BCUT2D eigenvalue weighted by molar-refractivity contribution is -0.383. The zero-order valence-corrected chi connectivity index (χ0v) is 12.2. The Labute approximate surface area is 131 Å². The summed E-state index contributed by atoms with van der Waals surface area (Å²) >= 11 is 0. The van der Waals surface area contributed by atoms with Crippen LogP contribution in [0.5, 0.6) is 0 Å². The molecule has 0 aliphatic carbocycles. The SMILES string of the molecule is COC(=O)/C=C/c1ccc(Nc2ccc(F)cc2)c([N+](=O)[O-])c1. The quantitative estimate of drug-likeness (QED) is 0.394. The second-order valence-corrected chi connectivity index (χ2v) is 4.52. The molecule has 0 radical (unpaired) electrons. The summed E-state index contributed by atoms with van der Waals surface area (Å²) in [5.41, 5.74) is 1.09. The van der Waals surface area contributed by atoms with Gasteiger partial charge in [0, 0.05) is 17.8 Å². The fourth-order valence-corrected chi connectivity index (χ4v) is 1.83. The number of benzene rings is 2. The molecule has 118 valence electrons. The van der Waals surface area contributed by atoms with Gasteiger partial charge in [-0.05, 0) is 42.0 Å². The Bertz CT molecular complexity index is 757. The minimum Gasteiger partial charge on any atom is -0.466 e. The fraction of sp³-hybridized carbons (Fsp3) is 0.0625. The lowest BCUT2D eigenvalue weighted by atomic mass is 10.1. The van der Waals surface area contributed by atoms with E-state index in [1.165, 1.54) is 55.7 Å². The van der Waals surface area contributed by atoms with Crippen LogP contribution >= 0.6 is 0 Å². The third-order valence-electron chi connectivity index (χ3n) is 2.95. The van der Waals surface area contributed by atoms with Gasteiger partial charge in [0.1, 0.15) is 11.5 Å². The molecule has 0 spiro atoms. The van der Waals surface area contributed by atoms with Gasteiger partial charge in [-0.3, -0.25) is 10.1 Å². The van der Waals surface area contributed by atoms with Crippen LogP contribution in [0, 0.1) is 15.9 Å². The van der Waals surface area contributed by atoms with Crippen molar-refractivity contribution in [3.8, 4) is 0 Å². The number of hydrogen-bond donors (Lipinski definition) is 1. The summed E-state index contributed by atoms with van der Waals surface area (Å²) in [6.07, 6.45) is 2.59. The molecule has 2 rings (SSSR count). The van der Waals surface area contributed by atoms with Gasteiger partial charge in [-0.15, -0.1) is 0 Å². The number of ether oxygens (including phenoxy) is 1. The molecule has 2 aromatic carbocycles. The maximum atomic E-state index is 12.9. The Morgan fingerprint density at radius 3 is 2.57 bits per heavy atom. The zero-order chi connectivity index (χ0) is 16.8. The molecular weight excluding hydrogens is 303 g/mol. The maximum Gasteiger partial charge on any atom is 0.330 e. The van der Waals surface area contributed by atoms with Crippen molar-refractivity contribution in [2.45, 2.75) is 0 Å². The van der Waals surface area contributed by atoms with Crippen molar-refractivity contribution >= 4 is 29.1 Å². The fourth-order valence-electron chi connectivity index (χ4n) is 1.83. The van der Waals surface area contributed by atoms with Gasteiger partial charge in [-0.1, -0.05) is 6.07 Å². The van der Waals surface area contributed by atoms with Crippen LogP contribution in [0.25, 0.3) is 6.08 Å². The summed E-state index contributed by atoms with van der Waals surface area (Å²) in [6.45, 7) is 0. The van der Waals surface area contributed by atoms with Crippen molar-refractivity contribution in [3.63, 3.8) is 0 Å². The van der Waals surface area contributed by atoms with E-state index in [0.717, 1.165) is 0 Å². The molecule has 0 saturated heterocycles. The van der Waals surface area contributed by atoms with E-state index >= 15 is 0 Å². The minimum absolute atomic E-state index is 0.165. The van der Waals surface area contributed by atoms with E-state index in [1.54, 1.807) is 6.07 Å². The topological polar surface area (TPSA) is 81.5 Å². The van der Waals surface area contributed by atoms with Crippen molar-refractivity contribution in [2.75, 3.05) is 12.4 Å². The second kappa shape index (κ2) is 7.17. The van der Waals surface area contributed by atoms with Crippen molar-refractivity contribution in [2.24, 2.45) is 0 Å². The average molecular weight is 316 g/mol. The van der Waals surface area contributed by atoms with Gasteiger partial charge in [-0.2, -0.15) is 0 Å². The van der Waals surface area contributed by atoms with E-state index in [9.17, 15) is 19.3 Å². The highest BCUT2D eigenvalue weighted by Gasteiger charge is 2.14. The van der Waals surface area contributed by atoms with Gasteiger partial charge >= 0.3 is 5.97 Å². The predicted octanol–water partition coefficient (Wildman–Crippen LogP) is 3.66. The molecule has 23 heavy (non-hydrogen) atoms. The monoisotopic (exact) mass is 316 g/mol. The first-order valence-electron chi connectivity index (χ1n) is 6.56. The number of halogens is 1. The number of nitrogens with one attached hydrogen (secondary N) is 1. The summed E-state index contributed by atoms with van der Waals surface area (Å²) < 4.78 is 17.3. The van der Waals surface area contributed by atoms with Crippen LogP contribution in [0.3, 0.4) is 0 Å². The van der Waals surface area contributed by atoms with Crippen LogP contribution in [0.4, 0.5) is 21.5 Å². The van der Waals surface area contributed by atoms with Crippen LogP contribution in [-0.2, 0) is 9.53 Å². The molecule has 0 fully saturated rings. The van der Waals surface area contributed by atoms with Gasteiger partial charge in [0.25, 0.3) is 5.69 Å². The average Bonchev–Trinajstić information content (AvgIpc) is 2.55. The standard InChI is InChI=1S/C16H13FN2O4/c1-23-16(20)9-3-11-2-8-14(15(10-11)19(21)22)18-13-6-4-12(17)5-7-13/h2-10,18H,1H3/b9-3+. The number of esters is 1. The summed E-state index contributed by atoms with van der Waals surface area (Å²) in [4.78, 5) is 21.7. The second-order valence-electron chi connectivity index (χ2n) is 4.52. The molecule has 0 aliphatic rings. The molecular formula is C16H13FN2O4. The van der Waals surface area contributed by atoms with Crippen molar-refractivity contribution in [1.82, 2.24) is 0 Å². The Kier molecular flexibility index (Phi) is 5.03. The van der Waals surface area contributed by atoms with Crippen molar-refractivity contribution < 1.29 is 18.8 Å². The van der Waals surface area contributed by atoms with Crippen LogP contribution in [-0.4, -0.2) is 18.0 Å². The summed E-state index contributed by atoms with van der Waals surface area (Å²) in [7, 11) is 1.24. The number of methoxy groups -OCH3 is 1. The maximum absolute atomic E-state index is 12.9. The number of carbonyl (C=O) groups excluding carboxylic acids is 1.